The summed E-state index contributed by atoms with van der Waals surface area (Å²) in [6.07, 6.45) is -0.973. The van der Waals surface area contributed by atoms with Crippen LogP contribution in [-0.2, 0) is 9.53 Å². The molecule has 0 N–H and O–H groups in total. The van der Waals surface area contributed by atoms with E-state index in [4.69, 9.17) is 32.7 Å². The normalized spacial score (nSPS) is 12.0. The van der Waals surface area contributed by atoms with Crippen LogP contribution in [0.5, 0.6) is 17.2 Å². The van der Waals surface area contributed by atoms with Gasteiger partial charge < -0.3 is 14.2 Å². The molecule has 0 radical (unpaired) electrons. The van der Waals surface area contributed by atoms with Crippen LogP contribution in [0.25, 0.3) is 5.69 Å². The maximum Gasteiger partial charge on any atom is 0.355 e. The molecule has 3 aromatic rings. The van der Waals surface area contributed by atoms with Gasteiger partial charge in [0.25, 0.3) is 0 Å². The molecule has 8 nitrogen and oxygen atoms in total. The van der Waals surface area contributed by atoms with Crippen molar-refractivity contribution in [2.75, 3.05) is 7.11 Å². The minimum Gasteiger partial charge on any atom is -0.479 e. The van der Waals surface area contributed by atoms with Crippen molar-refractivity contribution in [3.8, 4) is 22.9 Å². The highest BCUT2D eigenvalue weighted by Crippen LogP contribution is 2.37. The summed E-state index contributed by atoms with van der Waals surface area (Å²) < 4.78 is 57.0. The zero-order chi connectivity index (χ0) is 24.4. The first-order valence-electron chi connectivity index (χ1n) is 9.21. The Bertz CT molecular complexity index is 1260. The number of rotatable bonds is 7. The number of carbonyl (C=O) groups excluding carboxylic acids is 1. The number of ether oxygens (including phenoxy) is 3. The number of aryl methyl sites for hydroxylation is 1. The van der Waals surface area contributed by atoms with E-state index in [0.29, 0.717) is 4.68 Å². The summed E-state index contributed by atoms with van der Waals surface area (Å²) in [5.74, 6) is -2.08. The lowest BCUT2D eigenvalue weighted by molar-refractivity contribution is -0.147. The predicted octanol–water partition coefficient (Wildman–Crippen LogP) is 4.92. The number of esters is 1. The largest absolute Gasteiger partial charge is 0.479 e. The van der Waals surface area contributed by atoms with Gasteiger partial charge in [0.1, 0.15) is 17.3 Å². The number of methoxy groups -OCH3 is 1. The Labute approximate surface area is 195 Å². The van der Waals surface area contributed by atoms with Gasteiger partial charge in [0.2, 0.25) is 0 Å². The number of alkyl halides is 2. The summed E-state index contributed by atoms with van der Waals surface area (Å²) in [5, 5.41) is 3.65. The van der Waals surface area contributed by atoms with Crippen molar-refractivity contribution in [1.82, 2.24) is 14.3 Å². The smallest absolute Gasteiger partial charge is 0.355 e. The molecule has 2 aromatic carbocycles. The van der Waals surface area contributed by atoms with E-state index in [9.17, 15) is 22.8 Å². The molecule has 0 saturated carbocycles. The number of nitrogens with zero attached hydrogens (tertiary/aromatic N) is 3. The number of carbonyl (C=O) groups is 1. The van der Waals surface area contributed by atoms with Crippen molar-refractivity contribution in [2.45, 2.75) is 26.5 Å². The Hall–Kier alpha value is -3.18. The van der Waals surface area contributed by atoms with Gasteiger partial charge in [-0.05, 0) is 32.0 Å². The van der Waals surface area contributed by atoms with Gasteiger partial charge in [0.15, 0.2) is 17.7 Å². The molecule has 0 fully saturated rings. The third kappa shape index (κ3) is 5.09. The van der Waals surface area contributed by atoms with Crippen LogP contribution in [0.4, 0.5) is 13.2 Å². The van der Waals surface area contributed by atoms with E-state index in [1.165, 1.54) is 39.2 Å². The topological polar surface area (TPSA) is 84.6 Å². The Morgan fingerprint density at radius 1 is 1.12 bits per heavy atom. The number of halogens is 5. The molecule has 1 aromatic heterocycles. The Kier molecular flexibility index (Phi) is 7.23. The molecular formula is C20H16Cl2F3N3O5. The van der Waals surface area contributed by atoms with Gasteiger partial charge in [-0.3, -0.25) is 0 Å². The van der Waals surface area contributed by atoms with Crippen molar-refractivity contribution in [3.63, 3.8) is 0 Å². The van der Waals surface area contributed by atoms with Crippen LogP contribution in [0, 0.1) is 12.7 Å². The van der Waals surface area contributed by atoms with Gasteiger partial charge in [-0.1, -0.05) is 23.2 Å². The molecule has 0 aliphatic carbocycles. The fraction of sp³-hybridized carbons (Fsp3) is 0.250. The second kappa shape index (κ2) is 9.75. The average Bonchev–Trinajstić information content (AvgIpc) is 3.05. The van der Waals surface area contributed by atoms with E-state index in [0.717, 1.165) is 12.1 Å². The first-order chi connectivity index (χ1) is 15.5. The lowest BCUT2D eigenvalue weighted by atomic mass is 10.2. The van der Waals surface area contributed by atoms with Crippen LogP contribution in [0.1, 0.15) is 19.3 Å². The first-order valence-corrected chi connectivity index (χ1v) is 9.96. The molecular weight excluding hydrogens is 490 g/mol. The molecule has 0 amide bonds. The van der Waals surface area contributed by atoms with Gasteiger partial charge in [-0.2, -0.15) is 13.5 Å². The van der Waals surface area contributed by atoms with Crippen molar-refractivity contribution in [2.24, 2.45) is 0 Å². The maximum atomic E-state index is 14.4. The molecule has 1 heterocycles. The molecule has 0 saturated heterocycles. The number of hydrogen-bond donors (Lipinski definition) is 0. The van der Waals surface area contributed by atoms with Crippen LogP contribution in [-0.4, -0.2) is 33.5 Å². The molecule has 176 valence electrons. The van der Waals surface area contributed by atoms with E-state index in [2.05, 4.69) is 9.84 Å². The molecule has 0 aliphatic heterocycles. The second-order valence-corrected chi connectivity index (χ2v) is 7.42. The van der Waals surface area contributed by atoms with Crippen molar-refractivity contribution in [3.05, 3.63) is 62.5 Å². The van der Waals surface area contributed by atoms with Gasteiger partial charge in [0.05, 0.1) is 22.8 Å². The third-order valence-corrected chi connectivity index (χ3v) is 4.97. The number of benzene rings is 2. The maximum absolute atomic E-state index is 14.4. The van der Waals surface area contributed by atoms with Gasteiger partial charge in [-0.25, -0.2) is 18.5 Å². The van der Waals surface area contributed by atoms with Gasteiger partial charge >= 0.3 is 18.2 Å². The lowest BCUT2D eigenvalue weighted by Crippen LogP contribution is -2.25. The van der Waals surface area contributed by atoms with E-state index in [1.54, 1.807) is 0 Å². The molecule has 3 rings (SSSR count). The standard InChI is InChI=1S/C20H16Cl2F3N3O5/c1-9(18(29)31-3)32-11-4-5-14(23)17(6-11)33-16-8-15(12(21)7-13(16)22)28-20(30)27(19(24)25)10(2)26-28/h4-9,19H,1-3H3. The van der Waals surface area contributed by atoms with Crippen LogP contribution in [0.2, 0.25) is 10.0 Å². The minimum atomic E-state index is -3.11. The summed E-state index contributed by atoms with van der Waals surface area (Å²) in [6, 6.07) is 5.82. The molecule has 0 spiro atoms. The van der Waals surface area contributed by atoms with E-state index >= 15 is 0 Å². The summed E-state index contributed by atoms with van der Waals surface area (Å²) in [6.45, 7) is -0.449. The van der Waals surface area contributed by atoms with Crippen LogP contribution >= 0.6 is 23.2 Å². The lowest BCUT2D eigenvalue weighted by Gasteiger charge is -2.15. The zero-order valence-corrected chi connectivity index (χ0v) is 18.8. The van der Waals surface area contributed by atoms with E-state index < -0.39 is 30.1 Å². The van der Waals surface area contributed by atoms with Crippen LogP contribution in [0.15, 0.2) is 35.1 Å². The fourth-order valence-corrected chi connectivity index (χ4v) is 3.29. The minimum absolute atomic E-state index is 0.0598. The fourth-order valence-electron chi connectivity index (χ4n) is 2.79. The van der Waals surface area contributed by atoms with Crippen molar-refractivity contribution >= 4 is 29.2 Å². The molecule has 0 aliphatic rings. The highest BCUT2D eigenvalue weighted by Gasteiger charge is 2.22. The number of hydrogen-bond acceptors (Lipinski definition) is 6. The van der Waals surface area contributed by atoms with E-state index in [-0.39, 0.29) is 43.4 Å². The summed E-state index contributed by atoms with van der Waals surface area (Å²) >= 11 is 12.3. The highest BCUT2D eigenvalue weighted by molar-refractivity contribution is 6.36. The Morgan fingerprint density at radius 3 is 2.42 bits per heavy atom. The van der Waals surface area contributed by atoms with Gasteiger partial charge in [-0.15, -0.1) is 5.10 Å². The first kappa shape index (κ1) is 24.5. The van der Waals surface area contributed by atoms with Crippen LogP contribution in [0.3, 0.4) is 0 Å². The SMILES string of the molecule is COC(=O)C(C)Oc1ccc(F)c(Oc2cc(-n3nc(C)n(C(F)F)c3=O)c(Cl)cc2Cl)c1. The second-order valence-electron chi connectivity index (χ2n) is 6.60. The van der Waals surface area contributed by atoms with Crippen molar-refractivity contribution in [1.29, 1.82) is 0 Å². The van der Waals surface area contributed by atoms with Crippen LogP contribution < -0.4 is 15.2 Å². The molecule has 0 bridgehead atoms. The molecule has 33 heavy (non-hydrogen) atoms. The Morgan fingerprint density at radius 2 is 1.82 bits per heavy atom. The highest BCUT2D eigenvalue weighted by atomic mass is 35.5. The number of aromatic nitrogens is 3. The summed E-state index contributed by atoms with van der Waals surface area (Å²) in [4.78, 5) is 23.9. The predicted molar refractivity (Wildman–Crippen MR) is 112 cm³/mol. The molecule has 1 atom stereocenters. The molecule has 13 heteroatoms. The monoisotopic (exact) mass is 505 g/mol. The Balaban J connectivity index is 1.99. The molecule has 1 unspecified atom stereocenters. The summed E-state index contributed by atoms with van der Waals surface area (Å²) in [7, 11) is 1.19. The summed E-state index contributed by atoms with van der Waals surface area (Å²) in [5.41, 5.74) is -1.26. The zero-order valence-electron chi connectivity index (χ0n) is 17.3. The average molecular weight is 506 g/mol. The van der Waals surface area contributed by atoms with Crippen molar-refractivity contribution < 1.29 is 32.2 Å². The van der Waals surface area contributed by atoms with Gasteiger partial charge in [0, 0.05) is 12.1 Å². The third-order valence-electron chi connectivity index (χ3n) is 4.37. The van der Waals surface area contributed by atoms with E-state index in [1.807, 2.05) is 0 Å². The quantitative estimate of drug-likeness (QED) is 0.424.